The molecule has 1 rings (SSSR count). The Kier molecular flexibility index (Phi) is 18.4. The summed E-state index contributed by atoms with van der Waals surface area (Å²) >= 11 is 0. The van der Waals surface area contributed by atoms with Crippen LogP contribution in [0.4, 0.5) is 0 Å². The number of hydrogen-bond acceptors (Lipinski definition) is 4. The molecule has 7 nitrogen and oxygen atoms in total. The molecule has 156 valence electrons. The van der Waals surface area contributed by atoms with E-state index < -0.39 is 13.8 Å². The van der Waals surface area contributed by atoms with Crippen molar-refractivity contribution < 1.29 is 34.2 Å². The monoisotopic (exact) mass is 404 g/mol. The first-order chi connectivity index (χ1) is 12.6. The van der Waals surface area contributed by atoms with Gasteiger partial charge in [-0.2, -0.15) is 5.26 Å². The molecule has 0 spiro atoms. The molecule has 0 saturated heterocycles. The minimum absolute atomic E-state index is 0.183. The molecule has 8 heteroatoms. The number of aryl methyl sites for hydroxylation is 1. The van der Waals surface area contributed by atoms with Crippen LogP contribution >= 0.6 is 7.82 Å². The summed E-state index contributed by atoms with van der Waals surface area (Å²) in [5.74, 6) is -0.792. The maximum Gasteiger partial charge on any atom is 0.466 e. The van der Waals surface area contributed by atoms with E-state index in [0.29, 0.717) is 0 Å². The Balaban J connectivity index is 0. The van der Waals surface area contributed by atoms with Crippen molar-refractivity contribution in [3.05, 3.63) is 48.0 Å². The summed E-state index contributed by atoms with van der Waals surface area (Å²) in [5, 5.41) is 7.59. The quantitative estimate of drug-likeness (QED) is 0.155. The Morgan fingerprint density at radius 1 is 1.00 bits per heavy atom. The number of rotatable bonds is 9. The smallest absolute Gasteiger partial charge is 0.303 e. The summed E-state index contributed by atoms with van der Waals surface area (Å²) < 4.78 is 8.88. The molecule has 0 atom stereocenters. The Bertz CT molecular complexity index is 532. The van der Waals surface area contributed by atoms with E-state index in [4.69, 9.17) is 24.5 Å². The van der Waals surface area contributed by atoms with Crippen molar-refractivity contribution >= 4 is 13.8 Å². The minimum Gasteiger partial charge on any atom is -0.303 e. The van der Waals surface area contributed by atoms with Gasteiger partial charge in [0.2, 0.25) is 0 Å². The third-order valence-corrected chi connectivity index (χ3v) is 3.34. The van der Waals surface area contributed by atoms with Crippen molar-refractivity contribution in [2.75, 3.05) is 0 Å². The van der Waals surface area contributed by atoms with E-state index in [9.17, 15) is 4.79 Å². The molecule has 0 aromatic heterocycles. The second-order valence-electron chi connectivity index (χ2n) is 6.03. The lowest BCUT2D eigenvalue weighted by Gasteiger charge is -2.01. The van der Waals surface area contributed by atoms with Gasteiger partial charge in [0.15, 0.2) is 0 Å². The predicted octanol–water partition coefficient (Wildman–Crippen LogP) is 4.63. The Labute approximate surface area is 161 Å². The van der Waals surface area contributed by atoms with Crippen LogP contribution in [0.3, 0.4) is 0 Å². The van der Waals surface area contributed by atoms with E-state index in [2.05, 4.69) is 48.7 Å². The number of hydrogen-bond donors (Lipinski definition) is 4. The maximum absolute atomic E-state index is 9.94. The van der Waals surface area contributed by atoms with Crippen molar-refractivity contribution in [2.45, 2.75) is 65.2 Å². The van der Waals surface area contributed by atoms with Gasteiger partial charge in [-0.05, 0) is 25.3 Å². The molecule has 0 amide bonds. The van der Waals surface area contributed by atoms with Crippen LogP contribution in [0.2, 0.25) is 0 Å². The normalized spacial score (nSPS) is 10.0. The molecule has 0 radical (unpaired) electrons. The molecule has 0 heterocycles. The lowest BCUT2D eigenvalue weighted by atomic mass is 10.0. The maximum atomic E-state index is 9.94. The zero-order chi connectivity index (χ0) is 21.1. The molecule has 0 saturated carbocycles. The molecule has 0 aliphatic heterocycles. The summed E-state index contributed by atoms with van der Waals surface area (Å²) in [7, 11) is -4.64. The fourth-order valence-electron chi connectivity index (χ4n) is 2.01. The topological polar surface area (TPSA) is 124 Å². The third-order valence-electron chi connectivity index (χ3n) is 3.34. The number of carbonyl (C=O) groups is 1. The van der Waals surface area contributed by atoms with E-state index in [1.807, 2.05) is 0 Å². The molecule has 1 aromatic carbocycles. The van der Waals surface area contributed by atoms with Crippen molar-refractivity contribution in [1.29, 1.82) is 0 Å². The summed E-state index contributed by atoms with van der Waals surface area (Å²) in [6.07, 6.45) is 11.1. The number of benzene rings is 1. The van der Waals surface area contributed by atoms with Crippen LogP contribution in [0.25, 0.3) is 0 Å². The van der Waals surface area contributed by atoms with Crippen molar-refractivity contribution in [3.8, 4) is 0 Å². The van der Waals surface area contributed by atoms with Gasteiger partial charge in [0.25, 0.3) is 0 Å². The van der Waals surface area contributed by atoms with Crippen LogP contribution in [0.15, 0.2) is 42.5 Å². The van der Waals surface area contributed by atoms with Gasteiger partial charge in [-0.15, -0.1) is 0 Å². The fourth-order valence-corrected chi connectivity index (χ4v) is 2.01. The highest BCUT2D eigenvalue weighted by Gasteiger charge is 2.00. The van der Waals surface area contributed by atoms with Crippen LogP contribution in [0, 0.1) is 0 Å². The zero-order valence-corrected chi connectivity index (χ0v) is 17.1. The highest BCUT2D eigenvalue weighted by molar-refractivity contribution is 7.45. The fraction of sp³-hybridized carbons (Fsp3) is 0.526. The van der Waals surface area contributed by atoms with Crippen LogP contribution < -0.4 is 0 Å². The summed E-state index contributed by atoms with van der Waals surface area (Å²) in [6.45, 7) is 6.91. The average Bonchev–Trinajstić information content (AvgIpc) is 2.60. The van der Waals surface area contributed by atoms with Gasteiger partial charge in [-0.3, -0.25) is 4.89 Å². The SMILES string of the molecule is C=C(C)C(=O)OO.CCCCCCCCCc1ccccc1.O=P(O)(O)O. The summed E-state index contributed by atoms with van der Waals surface area (Å²) in [5.41, 5.74) is 1.67. The van der Waals surface area contributed by atoms with Gasteiger partial charge < -0.3 is 14.7 Å². The van der Waals surface area contributed by atoms with Crippen molar-refractivity contribution in [2.24, 2.45) is 0 Å². The Hall–Kier alpha value is -1.50. The van der Waals surface area contributed by atoms with Crippen LogP contribution in [-0.2, 0) is 20.7 Å². The first kappa shape index (κ1) is 27.7. The molecule has 0 aliphatic carbocycles. The summed E-state index contributed by atoms with van der Waals surface area (Å²) in [4.78, 5) is 34.8. The third kappa shape index (κ3) is 26.8. The zero-order valence-electron chi connectivity index (χ0n) is 16.2. The van der Waals surface area contributed by atoms with Gasteiger partial charge in [-0.25, -0.2) is 9.36 Å². The molecular formula is C19H33O7P. The van der Waals surface area contributed by atoms with E-state index in [1.54, 1.807) is 0 Å². The molecule has 0 unspecified atom stereocenters. The van der Waals surface area contributed by atoms with E-state index in [-0.39, 0.29) is 5.57 Å². The second-order valence-corrected chi connectivity index (χ2v) is 7.06. The molecular weight excluding hydrogens is 371 g/mol. The van der Waals surface area contributed by atoms with E-state index >= 15 is 0 Å². The molecule has 0 fully saturated rings. The molecule has 0 aliphatic rings. The van der Waals surface area contributed by atoms with E-state index in [1.165, 1.54) is 63.9 Å². The van der Waals surface area contributed by atoms with E-state index in [0.717, 1.165) is 0 Å². The molecule has 27 heavy (non-hydrogen) atoms. The molecule has 1 aromatic rings. The lowest BCUT2D eigenvalue weighted by molar-refractivity contribution is -0.229. The number of unbranched alkanes of at least 4 members (excludes halogenated alkanes) is 6. The second kappa shape index (κ2) is 17.9. The number of carbonyl (C=O) groups excluding carboxylic acids is 1. The highest BCUT2D eigenvalue weighted by Crippen LogP contribution is 2.25. The largest absolute Gasteiger partial charge is 0.466 e. The van der Waals surface area contributed by atoms with Crippen LogP contribution in [0.5, 0.6) is 0 Å². The van der Waals surface area contributed by atoms with Crippen LogP contribution in [-0.4, -0.2) is 25.9 Å². The molecule has 4 N–H and O–H groups in total. The Morgan fingerprint density at radius 3 is 1.81 bits per heavy atom. The van der Waals surface area contributed by atoms with Crippen molar-refractivity contribution in [3.63, 3.8) is 0 Å². The minimum atomic E-state index is -4.64. The van der Waals surface area contributed by atoms with Crippen molar-refractivity contribution in [1.82, 2.24) is 0 Å². The van der Waals surface area contributed by atoms with Gasteiger partial charge >= 0.3 is 13.8 Å². The first-order valence-electron chi connectivity index (χ1n) is 8.95. The van der Waals surface area contributed by atoms with Gasteiger partial charge in [0.1, 0.15) is 0 Å². The van der Waals surface area contributed by atoms with Crippen LogP contribution in [0.1, 0.15) is 64.4 Å². The number of phosphoric acid groups is 1. The predicted molar refractivity (Wildman–Crippen MR) is 106 cm³/mol. The molecule has 0 bridgehead atoms. The summed E-state index contributed by atoms with van der Waals surface area (Å²) in [6, 6.07) is 10.8. The van der Waals surface area contributed by atoms with Gasteiger partial charge in [0, 0.05) is 5.57 Å². The average molecular weight is 404 g/mol. The first-order valence-corrected chi connectivity index (χ1v) is 10.5. The highest BCUT2D eigenvalue weighted by atomic mass is 31.2. The standard InChI is InChI=1S/C15H24.C4H6O3.H3O4P/c1-2-3-4-5-6-7-9-12-15-13-10-8-11-14-15;1-3(2)4(5)7-6;1-5(2,3)4/h8,10-11,13-14H,2-7,9,12H2,1H3;6H,1H2,2H3;(H3,1,2,3,4). The Morgan fingerprint density at radius 2 is 1.44 bits per heavy atom. The lowest BCUT2D eigenvalue weighted by Crippen LogP contribution is -1.99. The van der Waals surface area contributed by atoms with Gasteiger partial charge in [0.05, 0.1) is 0 Å². The van der Waals surface area contributed by atoms with Gasteiger partial charge in [-0.1, -0.05) is 82.4 Å².